The maximum Gasteiger partial charge on any atom is 0.263 e. The summed E-state index contributed by atoms with van der Waals surface area (Å²) in [7, 11) is 0. The lowest BCUT2D eigenvalue weighted by atomic mass is 10.0. The lowest BCUT2D eigenvalue weighted by Gasteiger charge is -2.15. The third-order valence-corrected chi connectivity index (χ3v) is 6.32. The number of carbonyl (C=O) groups is 2. The van der Waals surface area contributed by atoms with Crippen LogP contribution in [-0.4, -0.2) is 21.2 Å². The molecule has 1 amide bonds. The minimum atomic E-state index is -0.826. The van der Waals surface area contributed by atoms with Crippen LogP contribution in [-0.2, 0) is 4.79 Å². The highest BCUT2D eigenvalue weighted by Gasteiger charge is 2.22. The van der Waals surface area contributed by atoms with Crippen LogP contribution < -0.4 is 10.9 Å². The molecule has 4 rings (SSSR count). The van der Waals surface area contributed by atoms with Crippen LogP contribution in [0, 0.1) is 12.7 Å². The Hall–Kier alpha value is -3.65. The molecule has 8 heteroatoms. The van der Waals surface area contributed by atoms with Crippen LogP contribution in [0.4, 0.5) is 10.1 Å². The fourth-order valence-corrected chi connectivity index (χ4v) is 4.52. The number of nitrogens with one attached hydrogen (secondary N) is 1. The van der Waals surface area contributed by atoms with E-state index in [9.17, 15) is 18.8 Å². The van der Waals surface area contributed by atoms with Gasteiger partial charge in [-0.15, -0.1) is 11.3 Å². The second-order valence-electron chi connectivity index (χ2n) is 7.48. The molecule has 0 aliphatic carbocycles. The van der Waals surface area contributed by atoms with Gasteiger partial charge in [-0.25, -0.2) is 9.37 Å². The van der Waals surface area contributed by atoms with E-state index < -0.39 is 6.04 Å². The molecule has 0 aliphatic rings. The number of anilines is 1. The van der Waals surface area contributed by atoms with Crippen LogP contribution in [0.2, 0.25) is 0 Å². The van der Waals surface area contributed by atoms with E-state index in [0.717, 1.165) is 10.4 Å². The van der Waals surface area contributed by atoms with Gasteiger partial charge in [0.25, 0.3) is 5.56 Å². The van der Waals surface area contributed by atoms with Crippen molar-refractivity contribution in [1.82, 2.24) is 9.55 Å². The molecule has 0 aliphatic heterocycles. The quantitative estimate of drug-likeness (QED) is 0.436. The van der Waals surface area contributed by atoms with Gasteiger partial charge < -0.3 is 5.32 Å². The highest BCUT2D eigenvalue weighted by Crippen LogP contribution is 2.35. The molecular weight excluding hydrogens is 429 g/mol. The number of nitrogens with zero attached hydrogens (tertiary/aromatic N) is 2. The number of fused-ring (bicyclic) bond motifs is 1. The predicted molar refractivity (Wildman–Crippen MR) is 124 cm³/mol. The standard InChI is InChI=1S/C24H20FN3O3S/c1-13(22(30)27-19-10-6-16(7-11-19)14(2)29)28-12-26-23-21(24(28)31)20(15(3)32-23)17-4-8-18(25)9-5-17/h4-13H,1-3H3,(H,27,30). The zero-order valence-electron chi connectivity index (χ0n) is 17.7. The van der Waals surface area contributed by atoms with E-state index in [2.05, 4.69) is 10.3 Å². The third-order valence-electron chi connectivity index (χ3n) is 5.30. The second kappa shape index (κ2) is 8.47. The summed E-state index contributed by atoms with van der Waals surface area (Å²) in [4.78, 5) is 43.4. The SMILES string of the molecule is CC(=O)c1ccc(NC(=O)C(C)n2cnc3sc(C)c(-c4ccc(F)cc4)c3c2=O)cc1. The molecule has 0 saturated heterocycles. The fraction of sp³-hybridized carbons (Fsp3) is 0.167. The number of aryl methyl sites for hydroxylation is 1. The number of aromatic nitrogens is 2. The van der Waals surface area contributed by atoms with Crippen LogP contribution in [0.1, 0.15) is 35.1 Å². The Morgan fingerprint density at radius 3 is 2.38 bits per heavy atom. The molecule has 162 valence electrons. The molecule has 32 heavy (non-hydrogen) atoms. The molecule has 0 fully saturated rings. The molecule has 1 N–H and O–H groups in total. The zero-order valence-corrected chi connectivity index (χ0v) is 18.5. The first kappa shape index (κ1) is 21.6. The number of thiophene rings is 1. The molecular formula is C24H20FN3O3S. The molecule has 2 aromatic heterocycles. The molecule has 6 nitrogen and oxygen atoms in total. The topological polar surface area (TPSA) is 81.1 Å². The highest BCUT2D eigenvalue weighted by molar-refractivity contribution is 7.19. The largest absolute Gasteiger partial charge is 0.324 e. The number of Topliss-reactive ketones (excluding diaryl/α,β-unsaturated/α-hetero) is 1. The smallest absolute Gasteiger partial charge is 0.263 e. The number of halogens is 1. The number of hydrogen-bond acceptors (Lipinski definition) is 5. The average molecular weight is 450 g/mol. The van der Waals surface area contributed by atoms with Crippen molar-refractivity contribution >= 4 is 38.9 Å². The summed E-state index contributed by atoms with van der Waals surface area (Å²) < 4.78 is 14.7. The van der Waals surface area contributed by atoms with Crippen LogP contribution in [0.3, 0.4) is 0 Å². The minimum Gasteiger partial charge on any atom is -0.324 e. The van der Waals surface area contributed by atoms with E-state index in [-0.39, 0.29) is 23.1 Å². The molecule has 4 aromatic rings. The van der Waals surface area contributed by atoms with Gasteiger partial charge in [-0.1, -0.05) is 12.1 Å². The van der Waals surface area contributed by atoms with Gasteiger partial charge in [-0.2, -0.15) is 0 Å². The number of rotatable bonds is 5. The molecule has 2 aromatic carbocycles. The Kier molecular flexibility index (Phi) is 5.71. The number of amides is 1. The molecule has 0 spiro atoms. The summed E-state index contributed by atoms with van der Waals surface area (Å²) in [5, 5.41) is 3.17. The Labute approximate surface area is 187 Å². The van der Waals surface area contributed by atoms with Gasteiger partial charge in [0.15, 0.2) is 5.78 Å². The molecule has 0 saturated carbocycles. The molecule has 1 unspecified atom stereocenters. The van der Waals surface area contributed by atoms with Crippen molar-refractivity contribution in [3.05, 3.63) is 81.5 Å². The average Bonchev–Trinajstić information content (AvgIpc) is 3.11. The van der Waals surface area contributed by atoms with Gasteiger partial charge in [-0.3, -0.25) is 19.0 Å². The van der Waals surface area contributed by atoms with Crippen LogP contribution in [0.25, 0.3) is 21.3 Å². The first-order valence-electron chi connectivity index (χ1n) is 9.94. The molecule has 1 atom stereocenters. The predicted octanol–water partition coefficient (Wildman–Crippen LogP) is 4.97. The number of carbonyl (C=O) groups excluding carboxylic acids is 2. The van der Waals surface area contributed by atoms with Gasteiger partial charge in [0.2, 0.25) is 5.91 Å². The first-order valence-corrected chi connectivity index (χ1v) is 10.8. The number of hydrogen-bond donors (Lipinski definition) is 1. The van der Waals surface area contributed by atoms with E-state index in [0.29, 0.717) is 27.0 Å². The van der Waals surface area contributed by atoms with Crippen LogP contribution in [0.15, 0.2) is 59.7 Å². The lowest BCUT2D eigenvalue weighted by Crippen LogP contribution is -2.31. The maximum atomic E-state index is 13.4. The lowest BCUT2D eigenvalue weighted by molar-refractivity contribution is -0.118. The fourth-order valence-electron chi connectivity index (χ4n) is 3.52. The maximum absolute atomic E-state index is 13.4. The van der Waals surface area contributed by atoms with Crippen molar-refractivity contribution < 1.29 is 14.0 Å². The van der Waals surface area contributed by atoms with Crippen molar-refractivity contribution in [2.45, 2.75) is 26.8 Å². The van der Waals surface area contributed by atoms with E-state index >= 15 is 0 Å². The van der Waals surface area contributed by atoms with Gasteiger partial charge in [0.1, 0.15) is 16.7 Å². The number of ketones is 1. The summed E-state index contributed by atoms with van der Waals surface area (Å²) in [6.07, 6.45) is 1.37. The summed E-state index contributed by atoms with van der Waals surface area (Å²) in [5.41, 5.74) is 2.14. The van der Waals surface area contributed by atoms with Crippen molar-refractivity contribution in [3.63, 3.8) is 0 Å². The normalized spacial score (nSPS) is 12.0. The Bertz CT molecular complexity index is 1390. The highest BCUT2D eigenvalue weighted by atomic mass is 32.1. The van der Waals surface area contributed by atoms with E-state index in [1.54, 1.807) is 43.3 Å². The second-order valence-corrected chi connectivity index (χ2v) is 8.68. The summed E-state index contributed by atoms with van der Waals surface area (Å²) in [6, 6.07) is 11.7. The molecule has 0 radical (unpaired) electrons. The van der Waals surface area contributed by atoms with E-state index in [1.165, 1.54) is 41.3 Å². The Morgan fingerprint density at radius 2 is 1.75 bits per heavy atom. The van der Waals surface area contributed by atoms with E-state index in [4.69, 9.17) is 0 Å². The Balaban J connectivity index is 1.69. The van der Waals surface area contributed by atoms with Crippen LogP contribution in [0.5, 0.6) is 0 Å². The van der Waals surface area contributed by atoms with Gasteiger partial charge in [-0.05, 0) is 62.7 Å². The van der Waals surface area contributed by atoms with Crippen molar-refractivity contribution in [3.8, 4) is 11.1 Å². The zero-order chi connectivity index (χ0) is 23.0. The van der Waals surface area contributed by atoms with Gasteiger partial charge in [0, 0.05) is 21.7 Å². The Morgan fingerprint density at radius 1 is 1.09 bits per heavy atom. The van der Waals surface area contributed by atoms with Crippen LogP contribution >= 0.6 is 11.3 Å². The summed E-state index contributed by atoms with van der Waals surface area (Å²) in [6.45, 7) is 4.97. The van der Waals surface area contributed by atoms with Crippen molar-refractivity contribution in [2.75, 3.05) is 5.32 Å². The summed E-state index contributed by atoms with van der Waals surface area (Å²) >= 11 is 1.38. The van der Waals surface area contributed by atoms with Crippen molar-refractivity contribution in [1.29, 1.82) is 0 Å². The first-order chi connectivity index (χ1) is 15.3. The third kappa shape index (κ3) is 3.97. The molecule has 2 heterocycles. The van der Waals surface area contributed by atoms with Gasteiger partial charge in [0.05, 0.1) is 11.7 Å². The van der Waals surface area contributed by atoms with Crippen molar-refractivity contribution in [2.24, 2.45) is 0 Å². The monoisotopic (exact) mass is 449 g/mol. The molecule has 0 bridgehead atoms. The van der Waals surface area contributed by atoms with Gasteiger partial charge >= 0.3 is 0 Å². The van der Waals surface area contributed by atoms with E-state index in [1.807, 2.05) is 6.92 Å². The minimum absolute atomic E-state index is 0.0646. The summed E-state index contributed by atoms with van der Waals surface area (Å²) in [5.74, 6) is -0.813. The number of benzene rings is 2.